The molecule has 0 radical (unpaired) electrons. The summed E-state index contributed by atoms with van der Waals surface area (Å²) in [5, 5.41) is 0. The molecule has 1 unspecified atom stereocenters. The summed E-state index contributed by atoms with van der Waals surface area (Å²) in [5.41, 5.74) is 1.21. The maximum absolute atomic E-state index is 5.92. The molecule has 0 saturated carbocycles. The van der Waals surface area contributed by atoms with E-state index in [-0.39, 0.29) is 17.2 Å². The minimum Gasteiger partial charge on any atom is -0.464 e. The molecule has 0 N–H and O–H groups in total. The number of nitrogens with zero attached hydrogens (tertiary/aromatic N) is 1. The van der Waals surface area contributed by atoms with Crippen molar-refractivity contribution in [1.29, 1.82) is 0 Å². The van der Waals surface area contributed by atoms with E-state index in [0.29, 0.717) is 0 Å². The first-order chi connectivity index (χ1) is 9.09. The lowest BCUT2D eigenvalue weighted by atomic mass is 9.93. The molecule has 3 nitrogen and oxygen atoms in total. The van der Waals surface area contributed by atoms with E-state index in [1.807, 2.05) is 12.1 Å². The molecule has 0 saturated heterocycles. The topological polar surface area (TPSA) is 21.7 Å². The second kappa shape index (κ2) is 6.15. The summed E-state index contributed by atoms with van der Waals surface area (Å²) in [6.45, 7) is 10.7. The van der Waals surface area contributed by atoms with Gasteiger partial charge in [0, 0.05) is 18.1 Å². The Hall–Kier alpha value is -1.06. The second-order valence-corrected chi connectivity index (χ2v) is 7.03. The quantitative estimate of drug-likeness (QED) is 0.763. The molecule has 3 heteroatoms. The number of ether oxygens (including phenoxy) is 2. The van der Waals surface area contributed by atoms with E-state index in [9.17, 15) is 0 Å². The summed E-state index contributed by atoms with van der Waals surface area (Å²) >= 11 is 0. The summed E-state index contributed by atoms with van der Waals surface area (Å²) in [5.74, 6) is 0.838. The summed E-state index contributed by atoms with van der Waals surface area (Å²) in [6.07, 6.45) is -0.254. The number of hydrogen-bond acceptors (Lipinski definition) is 3. The normalized spacial score (nSPS) is 14.4. The fraction of sp³-hybridized carbons (Fsp3) is 0.647. The predicted molar refractivity (Wildman–Crippen MR) is 84.0 cm³/mol. The molecule has 20 heavy (non-hydrogen) atoms. The molecular weight excluding hydrogens is 250 g/mol. The standard InChI is InChI=1S/C17H29NO2/c1-16(2,3)15(19-8)20-14-11-9-13(10-12-14)17(4,5)18(6)7/h9-12,15H,1-8H3. The van der Waals surface area contributed by atoms with Gasteiger partial charge in [-0.05, 0) is 45.6 Å². The molecule has 0 bridgehead atoms. The predicted octanol–water partition coefficient (Wildman–Crippen LogP) is 3.88. The van der Waals surface area contributed by atoms with Crippen LogP contribution in [0.15, 0.2) is 24.3 Å². The first kappa shape index (κ1) is 17.0. The Bertz CT molecular complexity index is 416. The average Bonchev–Trinajstić information content (AvgIpc) is 2.34. The fourth-order valence-corrected chi connectivity index (χ4v) is 1.90. The van der Waals surface area contributed by atoms with Gasteiger partial charge in [-0.3, -0.25) is 0 Å². The highest BCUT2D eigenvalue weighted by Gasteiger charge is 2.27. The van der Waals surface area contributed by atoms with Crippen LogP contribution in [-0.2, 0) is 10.3 Å². The van der Waals surface area contributed by atoms with Crippen LogP contribution in [0.1, 0.15) is 40.2 Å². The maximum Gasteiger partial charge on any atom is 0.204 e. The highest BCUT2D eigenvalue weighted by Crippen LogP contribution is 2.29. The highest BCUT2D eigenvalue weighted by molar-refractivity contribution is 5.31. The lowest BCUT2D eigenvalue weighted by molar-refractivity contribution is -0.120. The lowest BCUT2D eigenvalue weighted by Gasteiger charge is -2.33. The third-order valence-electron chi connectivity index (χ3n) is 3.84. The van der Waals surface area contributed by atoms with Gasteiger partial charge in [0.1, 0.15) is 5.75 Å². The van der Waals surface area contributed by atoms with Crippen molar-refractivity contribution in [3.8, 4) is 5.75 Å². The summed E-state index contributed by atoms with van der Waals surface area (Å²) in [4.78, 5) is 2.20. The summed E-state index contributed by atoms with van der Waals surface area (Å²) in [6, 6.07) is 8.26. The van der Waals surface area contributed by atoms with Crippen LogP contribution >= 0.6 is 0 Å². The van der Waals surface area contributed by atoms with Gasteiger partial charge in [0.05, 0.1) is 0 Å². The molecule has 1 aromatic carbocycles. The van der Waals surface area contributed by atoms with Crippen LogP contribution in [0, 0.1) is 5.41 Å². The van der Waals surface area contributed by atoms with Crippen molar-refractivity contribution < 1.29 is 9.47 Å². The number of hydrogen-bond donors (Lipinski definition) is 0. The van der Waals surface area contributed by atoms with Crippen molar-refractivity contribution in [2.24, 2.45) is 5.41 Å². The molecule has 0 spiro atoms. The Labute approximate surface area is 123 Å². The Morgan fingerprint density at radius 3 is 1.80 bits per heavy atom. The van der Waals surface area contributed by atoms with Gasteiger partial charge < -0.3 is 14.4 Å². The van der Waals surface area contributed by atoms with E-state index in [1.165, 1.54) is 5.56 Å². The van der Waals surface area contributed by atoms with Gasteiger partial charge in [-0.1, -0.05) is 32.9 Å². The molecule has 114 valence electrons. The fourth-order valence-electron chi connectivity index (χ4n) is 1.90. The number of benzene rings is 1. The van der Waals surface area contributed by atoms with Crippen LogP contribution in [0.5, 0.6) is 5.75 Å². The molecule has 0 aliphatic carbocycles. The van der Waals surface area contributed by atoms with Crippen molar-refractivity contribution in [2.45, 2.75) is 46.4 Å². The number of rotatable bonds is 5. The molecule has 1 aromatic rings. The van der Waals surface area contributed by atoms with Gasteiger partial charge in [-0.25, -0.2) is 0 Å². The summed E-state index contributed by atoms with van der Waals surface area (Å²) < 4.78 is 11.3. The largest absolute Gasteiger partial charge is 0.464 e. The van der Waals surface area contributed by atoms with Gasteiger partial charge in [-0.15, -0.1) is 0 Å². The minimum atomic E-state index is -0.254. The third-order valence-corrected chi connectivity index (χ3v) is 3.84. The van der Waals surface area contributed by atoms with E-state index >= 15 is 0 Å². The van der Waals surface area contributed by atoms with Gasteiger partial charge in [-0.2, -0.15) is 0 Å². The Kier molecular flexibility index (Phi) is 5.22. The van der Waals surface area contributed by atoms with Crippen LogP contribution < -0.4 is 4.74 Å². The zero-order valence-electron chi connectivity index (χ0n) is 14.2. The van der Waals surface area contributed by atoms with Crippen LogP contribution in [0.4, 0.5) is 0 Å². The Morgan fingerprint density at radius 1 is 0.950 bits per heavy atom. The Morgan fingerprint density at radius 2 is 1.45 bits per heavy atom. The molecule has 0 aliphatic rings. The van der Waals surface area contributed by atoms with Gasteiger partial charge >= 0.3 is 0 Å². The summed E-state index contributed by atoms with van der Waals surface area (Å²) in [7, 11) is 5.86. The average molecular weight is 279 g/mol. The van der Waals surface area contributed by atoms with E-state index in [0.717, 1.165) is 5.75 Å². The maximum atomic E-state index is 5.92. The smallest absolute Gasteiger partial charge is 0.204 e. The molecule has 1 atom stereocenters. The molecule has 0 aliphatic heterocycles. The first-order valence-corrected chi connectivity index (χ1v) is 7.06. The van der Waals surface area contributed by atoms with E-state index in [4.69, 9.17) is 9.47 Å². The van der Waals surface area contributed by atoms with Gasteiger partial charge in [0.25, 0.3) is 0 Å². The monoisotopic (exact) mass is 279 g/mol. The molecule has 0 heterocycles. The van der Waals surface area contributed by atoms with Crippen molar-refractivity contribution in [1.82, 2.24) is 4.90 Å². The van der Waals surface area contributed by atoms with Crippen molar-refractivity contribution in [3.05, 3.63) is 29.8 Å². The highest BCUT2D eigenvalue weighted by atomic mass is 16.7. The minimum absolute atomic E-state index is 0.00319. The zero-order chi connectivity index (χ0) is 15.6. The van der Waals surface area contributed by atoms with Crippen LogP contribution in [0.3, 0.4) is 0 Å². The molecule has 1 rings (SSSR count). The van der Waals surface area contributed by atoms with Crippen LogP contribution in [0.25, 0.3) is 0 Å². The zero-order valence-corrected chi connectivity index (χ0v) is 14.2. The van der Waals surface area contributed by atoms with Crippen molar-refractivity contribution >= 4 is 0 Å². The number of methoxy groups -OCH3 is 1. The van der Waals surface area contributed by atoms with Gasteiger partial charge in [0.15, 0.2) is 0 Å². The van der Waals surface area contributed by atoms with Gasteiger partial charge in [0.2, 0.25) is 6.29 Å². The molecule has 0 amide bonds. The Balaban J connectivity index is 2.87. The van der Waals surface area contributed by atoms with E-state index in [2.05, 4.69) is 65.7 Å². The second-order valence-electron chi connectivity index (χ2n) is 7.03. The molecular formula is C17H29NO2. The van der Waals surface area contributed by atoms with Crippen LogP contribution in [0.2, 0.25) is 0 Å². The van der Waals surface area contributed by atoms with E-state index in [1.54, 1.807) is 7.11 Å². The molecule has 0 fully saturated rings. The SMILES string of the molecule is COC(Oc1ccc(C(C)(C)N(C)C)cc1)C(C)(C)C. The van der Waals surface area contributed by atoms with Crippen molar-refractivity contribution in [3.63, 3.8) is 0 Å². The first-order valence-electron chi connectivity index (χ1n) is 7.06. The molecule has 0 aromatic heterocycles. The third kappa shape index (κ3) is 3.97. The van der Waals surface area contributed by atoms with Crippen molar-refractivity contribution in [2.75, 3.05) is 21.2 Å². The van der Waals surface area contributed by atoms with E-state index < -0.39 is 0 Å². The lowest BCUT2D eigenvalue weighted by Crippen LogP contribution is -2.35. The van der Waals surface area contributed by atoms with Crippen LogP contribution in [-0.4, -0.2) is 32.4 Å².